The fraction of sp³-hybridized carbons (Fsp3) is 0.282. The van der Waals surface area contributed by atoms with E-state index in [2.05, 4.69) is 0 Å². The maximum Gasteiger partial charge on any atom is 0.338 e. The van der Waals surface area contributed by atoms with E-state index in [1.54, 1.807) is 112 Å². The Morgan fingerprint density at radius 1 is 0.612 bits per heavy atom. The highest BCUT2D eigenvalue weighted by molar-refractivity contribution is 5.90. The maximum atomic E-state index is 13.6. The molecule has 1 aliphatic rings. The Bertz CT molecular complexity index is 1690. The molecule has 1 aliphatic heterocycles. The van der Waals surface area contributed by atoms with Crippen molar-refractivity contribution in [1.29, 1.82) is 5.41 Å². The zero-order valence-electron chi connectivity index (χ0n) is 27.5. The van der Waals surface area contributed by atoms with E-state index in [0.717, 1.165) is 5.56 Å². The summed E-state index contributed by atoms with van der Waals surface area (Å²) in [5, 5.41) is 8.69. The molecule has 4 aromatic rings. The molecule has 0 bridgehead atoms. The molecule has 1 heterocycles. The molecule has 1 N–H and O–H groups in total. The molecule has 4 aromatic carbocycles. The van der Waals surface area contributed by atoms with Gasteiger partial charge in [0.15, 0.2) is 18.1 Å². The fourth-order valence-corrected chi connectivity index (χ4v) is 4.97. The first-order valence-electron chi connectivity index (χ1n) is 15.9. The van der Waals surface area contributed by atoms with E-state index in [9.17, 15) is 14.4 Å². The number of nitrogens with one attached hydrogen (secondary N) is 1. The highest BCUT2D eigenvalue weighted by Crippen LogP contribution is 2.33. The van der Waals surface area contributed by atoms with E-state index >= 15 is 0 Å². The van der Waals surface area contributed by atoms with Crippen LogP contribution in [0.2, 0.25) is 0 Å². The molecule has 5 atom stereocenters. The summed E-state index contributed by atoms with van der Waals surface area (Å²) in [6.07, 6.45) is -6.38. The second-order valence-corrected chi connectivity index (χ2v) is 12.4. The third kappa shape index (κ3) is 9.40. The molecule has 10 heteroatoms. The zero-order valence-corrected chi connectivity index (χ0v) is 27.5. The van der Waals surface area contributed by atoms with E-state index < -0.39 is 54.0 Å². The van der Waals surface area contributed by atoms with Crippen molar-refractivity contribution in [3.05, 3.63) is 144 Å². The molecular formula is C39H39NO9. The van der Waals surface area contributed by atoms with Crippen molar-refractivity contribution in [3.8, 4) is 0 Å². The van der Waals surface area contributed by atoms with Crippen molar-refractivity contribution in [1.82, 2.24) is 0 Å². The van der Waals surface area contributed by atoms with Gasteiger partial charge in [0, 0.05) is 5.41 Å². The van der Waals surface area contributed by atoms with Crippen molar-refractivity contribution in [2.24, 2.45) is 5.41 Å². The van der Waals surface area contributed by atoms with Crippen molar-refractivity contribution >= 4 is 23.8 Å². The van der Waals surface area contributed by atoms with Crippen molar-refractivity contribution in [2.45, 2.75) is 58.1 Å². The first-order chi connectivity index (χ1) is 23.6. The van der Waals surface area contributed by atoms with Crippen LogP contribution in [0.25, 0.3) is 0 Å². The average Bonchev–Trinajstić information content (AvgIpc) is 3.12. The lowest BCUT2D eigenvalue weighted by atomic mass is 9.95. The highest BCUT2D eigenvalue weighted by atomic mass is 16.7. The standard InChI is InChI=1S/C39H39NO9/c1-39(2,3)38(40)49-37-33(48-36(43)29-22-14-7-15-23-29)32(44-24-26-16-8-4-9-17-26)31(47-35(42)28-20-12-6-13-21-28)30(46-37)25-45-34(41)27-18-10-5-11-19-27/h4-23,30-33,37,40H,24-25H2,1-3H3/t30-,31-,32+,33-,37-/m1/s1. The zero-order chi connectivity index (χ0) is 34.8. The van der Waals surface area contributed by atoms with Gasteiger partial charge in [-0.15, -0.1) is 0 Å². The monoisotopic (exact) mass is 665 g/mol. The number of rotatable bonds is 11. The summed E-state index contributed by atoms with van der Waals surface area (Å²) >= 11 is 0. The fourth-order valence-electron chi connectivity index (χ4n) is 4.97. The lowest BCUT2D eigenvalue weighted by Crippen LogP contribution is -2.63. The van der Waals surface area contributed by atoms with Crippen LogP contribution in [0.3, 0.4) is 0 Å². The van der Waals surface area contributed by atoms with Crippen LogP contribution in [-0.4, -0.2) is 61.1 Å². The Kier molecular flexibility index (Phi) is 11.6. The number of ether oxygens (including phenoxy) is 6. The van der Waals surface area contributed by atoms with Gasteiger partial charge in [0.25, 0.3) is 0 Å². The number of esters is 3. The predicted molar refractivity (Wildman–Crippen MR) is 180 cm³/mol. The Hall–Kier alpha value is -5.32. The van der Waals surface area contributed by atoms with Crippen molar-refractivity contribution in [2.75, 3.05) is 6.61 Å². The molecule has 254 valence electrons. The van der Waals surface area contributed by atoms with Crippen LogP contribution in [0.1, 0.15) is 57.4 Å². The smallest absolute Gasteiger partial charge is 0.338 e. The van der Waals surface area contributed by atoms with Crippen LogP contribution in [-0.2, 0) is 35.0 Å². The van der Waals surface area contributed by atoms with Crippen LogP contribution in [0, 0.1) is 10.8 Å². The van der Waals surface area contributed by atoms with Gasteiger partial charge in [0.2, 0.25) is 6.29 Å². The van der Waals surface area contributed by atoms with E-state index in [1.165, 1.54) is 0 Å². The minimum Gasteiger partial charge on any atom is -0.459 e. The minimum absolute atomic E-state index is 0.0320. The molecule has 0 saturated carbocycles. The van der Waals surface area contributed by atoms with E-state index in [4.69, 9.17) is 33.8 Å². The van der Waals surface area contributed by atoms with Gasteiger partial charge >= 0.3 is 17.9 Å². The molecule has 5 rings (SSSR count). The van der Waals surface area contributed by atoms with Gasteiger partial charge in [0.1, 0.15) is 18.8 Å². The average molecular weight is 666 g/mol. The van der Waals surface area contributed by atoms with Crippen LogP contribution < -0.4 is 0 Å². The quantitative estimate of drug-likeness (QED) is 0.0810. The van der Waals surface area contributed by atoms with Gasteiger partial charge < -0.3 is 28.4 Å². The van der Waals surface area contributed by atoms with Gasteiger partial charge in [0.05, 0.1) is 23.3 Å². The number of carbonyl (C=O) groups excluding carboxylic acids is 3. The Labute approximate surface area is 285 Å². The summed E-state index contributed by atoms with van der Waals surface area (Å²) in [5.74, 6) is -2.19. The summed E-state index contributed by atoms with van der Waals surface area (Å²) in [4.78, 5) is 40.1. The third-order valence-electron chi connectivity index (χ3n) is 7.69. The summed E-state index contributed by atoms with van der Waals surface area (Å²) in [7, 11) is 0. The maximum absolute atomic E-state index is 13.6. The first kappa shape index (κ1) is 35.0. The molecular weight excluding hydrogens is 626 g/mol. The molecule has 0 spiro atoms. The SMILES string of the molecule is CC(C)(C)C(=N)O[C@H]1O[C@H](COC(=O)c2ccccc2)[C@@H](OC(=O)c2ccccc2)[C@H](OCc2ccccc2)[C@H]1OC(=O)c1ccccc1. The molecule has 0 unspecified atom stereocenters. The van der Waals surface area contributed by atoms with E-state index in [0.29, 0.717) is 5.56 Å². The van der Waals surface area contributed by atoms with Gasteiger partial charge in [-0.25, -0.2) is 14.4 Å². The largest absolute Gasteiger partial charge is 0.459 e. The lowest BCUT2D eigenvalue weighted by molar-refractivity contribution is -0.290. The first-order valence-corrected chi connectivity index (χ1v) is 15.9. The van der Waals surface area contributed by atoms with Crippen molar-refractivity contribution < 1.29 is 42.8 Å². The summed E-state index contributed by atoms with van der Waals surface area (Å²) in [6.45, 7) is 5.01. The molecule has 10 nitrogen and oxygen atoms in total. The topological polar surface area (TPSA) is 130 Å². The molecule has 0 amide bonds. The minimum atomic E-state index is -1.41. The summed E-state index contributed by atoms with van der Waals surface area (Å²) < 4.78 is 36.7. The number of hydrogen-bond donors (Lipinski definition) is 1. The van der Waals surface area contributed by atoms with Crippen LogP contribution >= 0.6 is 0 Å². The third-order valence-corrected chi connectivity index (χ3v) is 7.69. The molecule has 0 aromatic heterocycles. The van der Waals surface area contributed by atoms with Crippen molar-refractivity contribution in [3.63, 3.8) is 0 Å². The van der Waals surface area contributed by atoms with Gasteiger partial charge in [-0.2, -0.15) is 0 Å². The second-order valence-electron chi connectivity index (χ2n) is 12.4. The lowest BCUT2D eigenvalue weighted by Gasteiger charge is -2.45. The van der Waals surface area contributed by atoms with E-state index in [1.807, 2.05) is 30.3 Å². The van der Waals surface area contributed by atoms with Gasteiger partial charge in [-0.3, -0.25) is 5.41 Å². The Balaban J connectivity index is 1.54. The van der Waals surface area contributed by atoms with Crippen LogP contribution in [0.5, 0.6) is 0 Å². The molecule has 49 heavy (non-hydrogen) atoms. The molecule has 1 saturated heterocycles. The molecule has 0 radical (unpaired) electrons. The van der Waals surface area contributed by atoms with Gasteiger partial charge in [-0.1, -0.05) is 106 Å². The number of hydrogen-bond acceptors (Lipinski definition) is 10. The number of carbonyl (C=O) groups is 3. The van der Waals surface area contributed by atoms with Gasteiger partial charge in [-0.05, 0) is 42.0 Å². The second kappa shape index (κ2) is 16.2. The molecule has 1 fully saturated rings. The Morgan fingerprint density at radius 3 is 1.55 bits per heavy atom. The van der Waals surface area contributed by atoms with E-state index in [-0.39, 0.29) is 30.2 Å². The summed E-state index contributed by atoms with van der Waals surface area (Å²) in [5.41, 5.74) is 0.872. The highest BCUT2D eigenvalue weighted by Gasteiger charge is 2.53. The Morgan fingerprint density at radius 2 is 1.06 bits per heavy atom. The van der Waals surface area contributed by atoms with Crippen LogP contribution in [0.4, 0.5) is 0 Å². The normalized spacial score (nSPS) is 20.4. The number of benzene rings is 4. The van der Waals surface area contributed by atoms with Crippen LogP contribution in [0.15, 0.2) is 121 Å². The molecule has 0 aliphatic carbocycles. The predicted octanol–water partition coefficient (Wildman–Crippen LogP) is 6.64. The summed E-state index contributed by atoms with van der Waals surface area (Å²) in [6, 6.07) is 34.4.